The van der Waals surface area contributed by atoms with Gasteiger partial charge in [0.15, 0.2) is 5.13 Å². The number of carbonyl (C=O) groups is 4. The van der Waals surface area contributed by atoms with E-state index in [4.69, 9.17) is 35.8 Å². The quantitative estimate of drug-likeness (QED) is 0.121. The Bertz CT molecular complexity index is 2220. The molecule has 1 aliphatic heterocycles. The smallest absolute Gasteiger partial charge is 0.408 e. The number of ether oxygens (including phenoxy) is 3. The molecule has 2 saturated carbocycles. The minimum Gasteiger partial charge on any atom is -0.491 e. The van der Waals surface area contributed by atoms with Crippen molar-refractivity contribution in [2.45, 2.75) is 96.2 Å². The van der Waals surface area contributed by atoms with Crippen molar-refractivity contribution >= 4 is 62.8 Å². The van der Waals surface area contributed by atoms with Crippen LogP contribution in [-0.4, -0.2) is 118 Å². The lowest BCUT2D eigenvalue weighted by molar-refractivity contribution is -0.146. The number of hydrogen-bond acceptors (Lipinski definition) is 12. The molecule has 1 unspecified atom stereocenters. The number of halogens is 1. The molecule has 0 bridgehead atoms. The molecule has 60 heavy (non-hydrogen) atoms. The van der Waals surface area contributed by atoms with Crippen molar-refractivity contribution in [1.29, 1.82) is 0 Å². The summed E-state index contributed by atoms with van der Waals surface area (Å²) in [6.45, 7) is 14.2. The number of amides is 3. The van der Waals surface area contributed by atoms with Crippen LogP contribution in [0.15, 0.2) is 47.9 Å². The maximum absolute atomic E-state index is 14.7. The molecule has 7 rings (SSSR count). The summed E-state index contributed by atoms with van der Waals surface area (Å²) in [5, 5.41) is 22.5. The molecule has 4 aliphatic rings. The van der Waals surface area contributed by atoms with Crippen LogP contribution in [0.2, 0.25) is 5.02 Å². The van der Waals surface area contributed by atoms with Gasteiger partial charge in [0.1, 0.15) is 58.7 Å². The average molecular weight is 864 g/mol. The number of pyridine rings is 1. The van der Waals surface area contributed by atoms with Crippen molar-refractivity contribution in [3.8, 4) is 22.9 Å². The third kappa shape index (κ3) is 9.20. The zero-order valence-corrected chi connectivity index (χ0v) is 36.6. The summed E-state index contributed by atoms with van der Waals surface area (Å²) in [7, 11) is 3.90. The van der Waals surface area contributed by atoms with Crippen LogP contribution in [-0.2, 0) is 19.1 Å². The van der Waals surface area contributed by atoms with Gasteiger partial charge in [0.25, 0.3) is 0 Å². The van der Waals surface area contributed by atoms with Gasteiger partial charge >= 0.3 is 12.1 Å². The lowest BCUT2D eigenvalue weighted by Crippen LogP contribution is -2.59. The molecule has 17 heteroatoms. The third-order valence-electron chi connectivity index (χ3n) is 11.4. The number of fused-ring (bicyclic) bond motifs is 2. The zero-order valence-electron chi connectivity index (χ0n) is 35.0. The molecule has 3 fully saturated rings. The monoisotopic (exact) mass is 863 g/mol. The molecule has 7 atom stereocenters. The predicted molar refractivity (Wildman–Crippen MR) is 229 cm³/mol. The number of benzene rings is 1. The summed E-state index contributed by atoms with van der Waals surface area (Å²) in [6, 6.07) is 3.23. The van der Waals surface area contributed by atoms with Crippen molar-refractivity contribution in [3.05, 3.63) is 52.9 Å². The van der Waals surface area contributed by atoms with Gasteiger partial charge in [-0.15, -0.1) is 17.9 Å². The third-order valence-corrected chi connectivity index (χ3v) is 12.5. The van der Waals surface area contributed by atoms with Gasteiger partial charge in [0.05, 0.1) is 17.8 Å². The number of aliphatic carboxylic acids is 1. The minimum atomic E-state index is -1.54. The molecule has 322 valence electrons. The van der Waals surface area contributed by atoms with Crippen LogP contribution >= 0.6 is 22.9 Å². The summed E-state index contributed by atoms with van der Waals surface area (Å²) in [5.41, 5.74) is 0.418. The number of carbonyl (C=O) groups excluding carboxylic acids is 3. The van der Waals surface area contributed by atoms with E-state index in [1.165, 1.54) is 27.9 Å². The van der Waals surface area contributed by atoms with E-state index >= 15 is 0 Å². The molecule has 1 saturated heterocycles. The Morgan fingerprint density at radius 3 is 2.55 bits per heavy atom. The van der Waals surface area contributed by atoms with Gasteiger partial charge in [-0.3, -0.25) is 9.59 Å². The Morgan fingerprint density at radius 2 is 1.92 bits per heavy atom. The van der Waals surface area contributed by atoms with E-state index < -0.39 is 58.9 Å². The Balaban J connectivity index is 1.21. The molecule has 2 aromatic heterocycles. The van der Waals surface area contributed by atoms with Crippen LogP contribution in [0.1, 0.15) is 60.3 Å². The van der Waals surface area contributed by atoms with Crippen molar-refractivity contribution in [3.63, 3.8) is 0 Å². The van der Waals surface area contributed by atoms with E-state index in [0.717, 1.165) is 12.8 Å². The first-order valence-corrected chi connectivity index (χ1v) is 21.6. The fraction of sp³-hybridized carbons (Fsp3) is 0.535. The van der Waals surface area contributed by atoms with Crippen molar-refractivity contribution in [2.75, 3.05) is 39.1 Å². The number of likely N-dealkylation sites (tertiary alicyclic amines) is 1. The number of carboxylic acids is 1. The molecule has 1 aromatic carbocycles. The summed E-state index contributed by atoms with van der Waals surface area (Å²) in [5.74, 6) is -1.56. The lowest BCUT2D eigenvalue weighted by atomic mass is 9.85. The predicted octanol–water partition coefficient (Wildman–Crippen LogP) is 6.13. The van der Waals surface area contributed by atoms with Crippen LogP contribution in [0.5, 0.6) is 11.5 Å². The number of nitrogens with zero attached hydrogens (tertiary/aromatic N) is 4. The highest BCUT2D eigenvalue weighted by molar-refractivity contribution is 7.14. The maximum Gasteiger partial charge on any atom is 0.408 e. The first-order valence-electron chi connectivity index (χ1n) is 20.3. The van der Waals surface area contributed by atoms with Gasteiger partial charge in [-0.25, -0.2) is 19.6 Å². The Hall–Kier alpha value is -4.93. The molecule has 4 N–H and O–H groups in total. The van der Waals surface area contributed by atoms with Crippen LogP contribution in [0.4, 0.5) is 9.93 Å². The Morgan fingerprint density at radius 1 is 1.15 bits per heavy atom. The van der Waals surface area contributed by atoms with Gasteiger partial charge in [-0.1, -0.05) is 44.0 Å². The second-order valence-electron chi connectivity index (χ2n) is 17.8. The normalized spacial score (nSPS) is 24.7. The number of likely N-dealkylation sites (N-methyl/N-ethyl adjacent to an activating group) is 1. The summed E-state index contributed by atoms with van der Waals surface area (Å²) in [4.78, 5) is 67.8. The van der Waals surface area contributed by atoms with Gasteiger partial charge < -0.3 is 45.1 Å². The van der Waals surface area contributed by atoms with Gasteiger partial charge in [-0.2, -0.15) is 0 Å². The number of rotatable bonds is 16. The second-order valence-corrected chi connectivity index (χ2v) is 19.1. The topological polar surface area (TPSA) is 185 Å². The first-order chi connectivity index (χ1) is 28.4. The summed E-state index contributed by atoms with van der Waals surface area (Å²) < 4.78 is 18.5. The molecule has 3 aliphatic carbocycles. The standard InChI is InChI=1S/C43H54ClN7O8S/c1-9-25-19-43(25,39(54)55)49-37(52)31-17-27(20-51(31)38(53)36(42(4,5)6)48-41(56)59-26-15-23-14-24(23)16-26)58-33-18-29(30-21-60-40(47-30)45-22(2)3)46-35-28(33)10-11-32(34(35)44)57-13-12-50(7)8/h9-11,15,18,21-22,24-27,31,36H,1,12-14,16-17,19-20H2,2-8H3,(H,45,47)(H,48,56)(H,49,52)(H,54,55)/t24-,25-,26-,27-,31+,36-,43?/m1/s1. The highest BCUT2D eigenvalue weighted by Gasteiger charge is 2.61. The number of carboxylic acid groups (broad SMARTS) is 1. The summed E-state index contributed by atoms with van der Waals surface area (Å²) in [6.07, 6.45) is 3.56. The number of thiazole rings is 1. The second kappa shape index (κ2) is 16.8. The fourth-order valence-corrected chi connectivity index (χ4v) is 9.02. The fourth-order valence-electron chi connectivity index (χ4n) is 7.90. The van der Waals surface area contributed by atoms with Crippen LogP contribution in [0.3, 0.4) is 0 Å². The number of aromatic nitrogens is 2. The minimum absolute atomic E-state index is 0.0160. The van der Waals surface area contributed by atoms with E-state index in [-0.39, 0.29) is 36.6 Å². The molecule has 0 radical (unpaired) electrons. The number of alkyl carbamates (subject to hydrolysis) is 1. The molecular weight excluding hydrogens is 810 g/mol. The zero-order chi connectivity index (χ0) is 43.3. The van der Waals surface area contributed by atoms with E-state index in [9.17, 15) is 24.3 Å². The van der Waals surface area contributed by atoms with E-state index in [1.54, 1.807) is 18.2 Å². The Labute approximate surface area is 358 Å². The number of nitrogens with one attached hydrogen (secondary N) is 3. The van der Waals surface area contributed by atoms with Crippen LogP contribution < -0.4 is 25.4 Å². The van der Waals surface area contributed by atoms with Gasteiger partial charge in [0, 0.05) is 41.8 Å². The molecule has 15 nitrogen and oxygen atoms in total. The largest absolute Gasteiger partial charge is 0.491 e. The van der Waals surface area contributed by atoms with E-state index in [1.807, 2.05) is 65.1 Å². The SMILES string of the molecule is C=C[C@@H]1CC1(NC(=O)[C@@H]1C[C@@H](Oc2cc(-c3csc(NC(C)C)n3)nc3c(Cl)c(OCCN(C)C)ccc23)CN1C(=O)[C@@H](NC(=O)O[C@@H]1C=C2C[C@@H]2C1)C(C)(C)C)C(=O)O. The molecule has 3 heterocycles. The van der Waals surface area contributed by atoms with Crippen molar-refractivity contribution in [1.82, 2.24) is 30.4 Å². The van der Waals surface area contributed by atoms with Gasteiger partial charge in [-0.05, 0) is 76.7 Å². The highest BCUT2D eigenvalue weighted by Crippen LogP contribution is 2.48. The van der Waals surface area contributed by atoms with E-state index in [2.05, 4.69) is 22.5 Å². The van der Waals surface area contributed by atoms with Crippen molar-refractivity contribution < 1.29 is 38.5 Å². The van der Waals surface area contributed by atoms with E-state index in [0.29, 0.717) is 58.0 Å². The average Bonchev–Trinajstić information content (AvgIpc) is 3.84. The maximum atomic E-state index is 14.7. The van der Waals surface area contributed by atoms with Crippen LogP contribution in [0.25, 0.3) is 22.3 Å². The lowest BCUT2D eigenvalue weighted by Gasteiger charge is -2.35. The molecule has 3 amide bonds. The number of allylic oxidation sites excluding steroid dienone is 1. The number of hydrogen-bond donors (Lipinski definition) is 4. The Kier molecular flexibility index (Phi) is 12.1. The number of anilines is 1. The van der Waals surface area contributed by atoms with Gasteiger partial charge in [0.2, 0.25) is 11.8 Å². The summed E-state index contributed by atoms with van der Waals surface area (Å²) >= 11 is 8.45. The molecule has 0 spiro atoms. The molecule has 3 aromatic rings. The van der Waals surface area contributed by atoms with Crippen LogP contribution in [0, 0.1) is 17.3 Å². The molecular formula is C43H54ClN7O8S. The van der Waals surface area contributed by atoms with Crippen molar-refractivity contribution in [2.24, 2.45) is 17.3 Å². The first kappa shape index (κ1) is 43.2. The highest BCUT2D eigenvalue weighted by atomic mass is 35.5.